The SMILES string of the molecule is COC(=O)C[C@](O)(CCCC(C)(C)O)C(=O)O[C@H]1[C@H]2c3cc4c(cc3[C@@H]3CN5CCC[C@]25C[C@@]1(OC)O3)OCO4. The molecular weight excluding hydrogens is 522 g/mol. The lowest BCUT2D eigenvalue weighted by Gasteiger charge is -2.40. The Morgan fingerprint density at radius 1 is 1.12 bits per heavy atom. The third-order valence-electron chi connectivity index (χ3n) is 9.53. The summed E-state index contributed by atoms with van der Waals surface area (Å²) < 4.78 is 35.4. The smallest absolute Gasteiger partial charge is 0.339 e. The van der Waals surface area contributed by atoms with Crippen molar-refractivity contribution in [1.29, 1.82) is 0 Å². The molecule has 1 aliphatic carbocycles. The molecule has 220 valence electrons. The highest BCUT2D eigenvalue weighted by Crippen LogP contribution is 2.65. The fraction of sp³-hybridized carbons (Fsp3) is 0.724. The fourth-order valence-corrected chi connectivity index (χ4v) is 7.68. The summed E-state index contributed by atoms with van der Waals surface area (Å²) in [4.78, 5) is 28.7. The molecule has 0 unspecified atom stereocenters. The normalized spacial score (nSPS) is 33.2. The number of hydrogen-bond donors (Lipinski definition) is 2. The minimum absolute atomic E-state index is 0.0850. The van der Waals surface area contributed by atoms with Gasteiger partial charge in [0.1, 0.15) is 0 Å². The van der Waals surface area contributed by atoms with Crippen molar-refractivity contribution >= 4 is 11.9 Å². The number of esters is 2. The van der Waals surface area contributed by atoms with E-state index in [0.717, 1.165) is 30.5 Å². The molecule has 11 nitrogen and oxygen atoms in total. The molecule has 2 N–H and O–H groups in total. The van der Waals surface area contributed by atoms with Crippen molar-refractivity contribution in [3.05, 3.63) is 23.3 Å². The second kappa shape index (κ2) is 9.55. The maximum Gasteiger partial charge on any atom is 0.339 e. The summed E-state index contributed by atoms with van der Waals surface area (Å²) in [6.07, 6.45) is 1.08. The monoisotopic (exact) mass is 561 g/mol. The number of carbonyl (C=O) groups is 2. The minimum Gasteiger partial charge on any atom is -0.469 e. The van der Waals surface area contributed by atoms with Crippen LogP contribution in [-0.2, 0) is 28.5 Å². The number of hydrogen-bond acceptors (Lipinski definition) is 11. The number of aliphatic hydroxyl groups is 2. The lowest BCUT2D eigenvalue weighted by Crippen LogP contribution is -2.52. The summed E-state index contributed by atoms with van der Waals surface area (Å²) in [5.41, 5.74) is -1.60. The Hall–Kier alpha value is -2.44. The third-order valence-corrected chi connectivity index (χ3v) is 9.53. The number of carbonyl (C=O) groups excluding carboxylic acids is 2. The van der Waals surface area contributed by atoms with Crippen LogP contribution in [0.1, 0.15) is 81.9 Å². The summed E-state index contributed by atoms with van der Waals surface area (Å²) in [5.74, 6) is -1.96. The molecule has 0 amide bonds. The van der Waals surface area contributed by atoms with E-state index in [-0.39, 0.29) is 37.2 Å². The summed E-state index contributed by atoms with van der Waals surface area (Å²) in [6.45, 7) is 5.01. The number of benzene rings is 1. The molecule has 3 fully saturated rings. The number of fused-ring (bicyclic) bond motifs is 1. The quantitative estimate of drug-likeness (QED) is 0.430. The average Bonchev–Trinajstić information content (AvgIpc) is 3.52. The lowest BCUT2D eigenvalue weighted by atomic mass is 9.78. The van der Waals surface area contributed by atoms with E-state index in [0.29, 0.717) is 30.9 Å². The highest BCUT2D eigenvalue weighted by Gasteiger charge is 2.72. The maximum atomic E-state index is 13.9. The molecule has 6 atom stereocenters. The summed E-state index contributed by atoms with van der Waals surface area (Å²) >= 11 is 0. The van der Waals surface area contributed by atoms with Crippen LogP contribution >= 0.6 is 0 Å². The van der Waals surface area contributed by atoms with Crippen LogP contribution in [0.4, 0.5) is 0 Å². The van der Waals surface area contributed by atoms with Gasteiger partial charge in [0, 0.05) is 31.5 Å². The van der Waals surface area contributed by atoms with E-state index in [2.05, 4.69) is 4.90 Å². The standard InChI is InChI=1S/C29H39NO10/c1-26(2,33)7-5-9-28(34,13-22(31)35-3)25(32)39-24-23-18-12-20-19(37-16-38-20)11-17(18)21-14-30-10-6-8-27(23,30)15-29(24,36-4)40-21/h11-12,21,23-24,33-34H,5-10,13-16H2,1-4H3/t21-,23+,24-,27-,28+,29+/m0/s1. The topological polar surface area (TPSA) is 133 Å². The number of nitrogens with zero attached hydrogens (tertiary/aromatic N) is 1. The van der Waals surface area contributed by atoms with Crippen molar-refractivity contribution in [2.45, 2.75) is 99.4 Å². The molecule has 7 rings (SSSR count). The largest absolute Gasteiger partial charge is 0.469 e. The molecule has 0 aromatic heterocycles. The summed E-state index contributed by atoms with van der Waals surface area (Å²) in [7, 11) is 2.76. The van der Waals surface area contributed by atoms with Crippen molar-refractivity contribution in [2.75, 3.05) is 34.1 Å². The van der Waals surface area contributed by atoms with Gasteiger partial charge in [0.15, 0.2) is 23.2 Å². The number of ether oxygens (including phenoxy) is 6. The van der Waals surface area contributed by atoms with Gasteiger partial charge in [-0.15, -0.1) is 0 Å². The van der Waals surface area contributed by atoms with Gasteiger partial charge < -0.3 is 38.6 Å². The van der Waals surface area contributed by atoms with Crippen molar-refractivity contribution < 1.29 is 48.2 Å². The van der Waals surface area contributed by atoms with E-state index >= 15 is 0 Å². The molecule has 1 aromatic carbocycles. The van der Waals surface area contributed by atoms with Crippen molar-refractivity contribution in [3.63, 3.8) is 0 Å². The lowest BCUT2D eigenvalue weighted by molar-refractivity contribution is -0.284. The van der Waals surface area contributed by atoms with Gasteiger partial charge in [-0.1, -0.05) is 0 Å². The summed E-state index contributed by atoms with van der Waals surface area (Å²) in [5, 5.41) is 21.8. The van der Waals surface area contributed by atoms with E-state index in [9.17, 15) is 19.8 Å². The van der Waals surface area contributed by atoms with Crippen molar-refractivity contribution in [2.24, 2.45) is 0 Å². The Bertz CT molecular complexity index is 1200. The Morgan fingerprint density at radius 3 is 2.52 bits per heavy atom. The van der Waals surface area contributed by atoms with E-state index < -0.39 is 41.5 Å². The van der Waals surface area contributed by atoms with Gasteiger partial charge in [-0.05, 0) is 75.8 Å². The van der Waals surface area contributed by atoms with Gasteiger partial charge in [-0.25, -0.2) is 4.79 Å². The van der Waals surface area contributed by atoms with Gasteiger partial charge >= 0.3 is 11.9 Å². The Morgan fingerprint density at radius 2 is 1.85 bits per heavy atom. The molecule has 6 aliphatic rings. The van der Waals surface area contributed by atoms with Crippen molar-refractivity contribution in [3.8, 4) is 11.5 Å². The van der Waals surface area contributed by atoms with Crippen molar-refractivity contribution in [1.82, 2.24) is 4.90 Å². The number of rotatable bonds is 9. The molecule has 5 aliphatic heterocycles. The predicted octanol–water partition coefficient (Wildman–Crippen LogP) is 2.31. The highest BCUT2D eigenvalue weighted by molar-refractivity contribution is 5.86. The van der Waals surface area contributed by atoms with Crippen LogP contribution in [0.5, 0.6) is 11.5 Å². The average molecular weight is 562 g/mol. The van der Waals surface area contributed by atoms with Gasteiger partial charge in [-0.2, -0.15) is 0 Å². The van der Waals surface area contributed by atoms with Gasteiger partial charge in [-0.3, -0.25) is 9.69 Å². The van der Waals surface area contributed by atoms with E-state index in [1.54, 1.807) is 21.0 Å². The van der Waals surface area contributed by atoms with Crippen LogP contribution in [0.25, 0.3) is 0 Å². The van der Waals surface area contributed by atoms with Gasteiger partial charge in [0.05, 0.1) is 25.2 Å². The molecule has 2 saturated heterocycles. The molecule has 1 aromatic rings. The van der Waals surface area contributed by atoms with Gasteiger partial charge in [0.25, 0.3) is 0 Å². The first kappa shape index (κ1) is 27.7. The Labute approximate surface area is 233 Å². The Balaban J connectivity index is 1.39. The van der Waals surface area contributed by atoms with Crippen LogP contribution in [0.2, 0.25) is 0 Å². The zero-order valence-corrected chi connectivity index (χ0v) is 23.6. The molecule has 0 radical (unpaired) electrons. The first-order chi connectivity index (χ1) is 18.9. The van der Waals surface area contributed by atoms with Crippen LogP contribution in [0.3, 0.4) is 0 Å². The molecular formula is C29H39NO10. The van der Waals surface area contributed by atoms with Crippen LogP contribution in [0, 0.1) is 0 Å². The molecule has 40 heavy (non-hydrogen) atoms. The van der Waals surface area contributed by atoms with Crippen LogP contribution < -0.4 is 9.47 Å². The van der Waals surface area contributed by atoms with Gasteiger partial charge in [0.2, 0.25) is 12.6 Å². The molecule has 1 saturated carbocycles. The predicted molar refractivity (Wildman–Crippen MR) is 139 cm³/mol. The van der Waals surface area contributed by atoms with E-state index in [1.165, 1.54) is 7.11 Å². The summed E-state index contributed by atoms with van der Waals surface area (Å²) in [6, 6.07) is 3.94. The molecule has 5 heterocycles. The fourth-order valence-electron chi connectivity index (χ4n) is 7.68. The zero-order chi connectivity index (χ0) is 28.5. The molecule has 4 bridgehead atoms. The van der Waals surface area contributed by atoms with E-state index in [1.807, 2.05) is 12.1 Å². The van der Waals surface area contributed by atoms with Crippen LogP contribution in [0.15, 0.2) is 12.1 Å². The highest BCUT2D eigenvalue weighted by atomic mass is 16.7. The first-order valence-electron chi connectivity index (χ1n) is 14.1. The second-order valence-corrected chi connectivity index (χ2v) is 12.5. The molecule has 1 spiro atoms. The second-order valence-electron chi connectivity index (χ2n) is 12.5. The number of methoxy groups -OCH3 is 2. The zero-order valence-electron chi connectivity index (χ0n) is 23.6. The maximum absolute atomic E-state index is 13.9. The van der Waals surface area contributed by atoms with E-state index in [4.69, 9.17) is 28.4 Å². The third kappa shape index (κ3) is 4.28. The Kier molecular flexibility index (Phi) is 6.62. The molecule has 11 heteroatoms. The first-order valence-corrected chi connectivity index (χ1v) is 14.1. The minimum atomic E-state index is -2.15. The van der Waals surface area contributed by atoms with Crippen LogP contribution in [-0.4, -0.2) is 89.8 Å².